The summed E-state index contributed by atoms with van der Waals surface area (Å²) in [5, 5.41) is 9.59. The molecule has 7 nitrogen and oxygen atoms in total. The molecule has 4 aromatic rings. The smallest absolute Gasteiger partial charge is 0.180 e. The van der Waals surface area contributed by atoms with Crippen LogP contribution in [-0.4, -0.2) is 48.8 Å². The summed E-state index contributed by atoms with van der Waals surface area (Å²) in [7, 11) is 0. The topological polar surface area (TPSA) is 82.9 Å². The number of aromatic amines is 1. The Morgan fingerprint density at radius 2 is 1.97 bits per heavy atom. The Kier molecular flexibility index (Phi) is 5.29. The van der Waals surface area contributed by atoms with Crippen LogP contribution in [0, 0.1) is 5.92 Å². The van der Waals surface area contributed by atoms with E-state index in [4.69, 9.17) is 9.97 Å². The summed E-state index contributed by atoms with van der Waals surface area (Å²) in [4.78, 5) is 19.8. The lowest BCUT2D eigenvalue weighted by Crippen LogP contribution is -2.42. The van der Waals surface area contributed by atoms with Gasteiger partial charge >= 0.3 is 0 Å². The molecule has 1 saturated carbocycles. The van der Waals surface area contributed by atoms with Gasteiger partial charge in [-0.15, -0.1) is 0 Å². The van der Waals surface area contributed by atoms with Crippen molar-refractivity contribution in [1.29, 1.82) is 0 Å². The van der Waals surface area contributed by atoms with Crippen molar-refractivity contribution in [2.24, 2.45) is 5.92 Å². The molecule has 2 aliphatic rings. The van der Waals surface area contributed by atoms with E-state index in [1.165, 1.54) is 37.6 Å². The van der Waals surface area contributed by atoms with Gasteiger partial charge in [0.1, 0.15) is 5.82 Å². The van der Waals surface area contributed by atoms with Crippen molar-refractivity contribution in [2.45, 2.75) is 64.0 Å². The Morgan fingerprint density at radius 1 is 1.09 bits per heavy atom. The van der Waals surface area contributed by atoms with Gasteiger partial charge in [-0.05, 0) is 62.3 Å². The van der Waals surface area contributed by atoms with E-state index in [-0.39, 0.29) is 6.61 Å². The predicted molar refractivity (Wildman–Crippen MR) is 131 cm³/mol. The van der Waals surface area contributed by atoms with Crippen molar-refractivity contribution in [3.63, 3.8) is 0 Å². The maximum Gasteiger partial charge on any atom is 0.180 e. The Morgan fingerprint density at radius 3 is 2.79 bits per heavy atom. The van der Waals surface area contributed by atoms with Crippen LogP contribution in [0.2, 0.25) is 0 Å². The quantitative estimate of drug-likeness (QED) is 0.459. The molecule has 2 N–H and O–H groups in total. The number of imidazole rings is 2. The number of nitrogens with zero attached hydrogens (tertiary/aromatic N) is 5. The third-order valence-corrected chi connectivity index (χ3v) is 7.77. The Labute approximate surface area is 193 Å². The van der Waals surface area contributed by atoms with E-state index in [0.29, 0.717) is 18.0 Å². The highest BCUT2D eigenvalue weighted by Crippen LogP contribution is 2.36. The Hall–Kier alpha value is -2.93. The van der Waals surface area contributed by atoms with E-state index in [1.54, 1.807) is 6.33 Å². The van der Waals surface area contributed by atoms with Crippen molar-refractivity contribution >= 4 is 28.0 Å². The van der Waals surface area contributed by atoms with Crippen molar-refractivity contribution in [3.05, 3.63) is 36.9 Å². The van der Waals surface area contributed by atoms with Gasteiger partial charge in [-0.2, -0.15) is 0 Å². The zero-order chi connectivity index (χ0) is 22.4. The van der Waals surface area contributed by atoms with Crippen LogP contribution in [0.25, 0.3) is 33.3 Å². The normalized spacial score (nSPS) is 22.4. The predicted octanol–water partition coefficient (Wildman–Crippen LogP) is 5.08. The Bertz CT molecular complexity index is 1270. The molecule has 33 heavy (non-hydrogen) atoms. The average molecular weight is 445 g/mol. The van der Waals surface area contributed by atoms with Gasteiger partial charge in [0.15, 0.2) is 5.65 Å². The molecule has 1 aromatic carbocycles. The first-order valence-corrected chi connectivity index (χ1v) is 12.4. The first kappa shape index (κ1) is 20.7. The Balaban J connectivity index is 1.39. The summed E-state index contributed by atoms with van der Waals surface area (Å²) in [5.74, 6) is 1.34. The van der Waals surface area contributed by atoms with Crippen LogP contribution >= 0.6 is 0 Å². The number of hydrogen-bond acceptors (Lipinski definition) is 5. The van der Waals surface area contributed by atoms with Crippen LogP contribution in [0.5, 0.6) is 0 Å². The summed E-state index contributed by atoms with van der Waals surface area (Å²) < 4.78 is 2.38. The van der Waals surface area contributed by atoms with E-state index >= 15 is 0 Å². The molecule has 1 aliphatic carbocycles. The van der Waals surface area contributed by atoms with Crippen molar-refractivity contribution < 1.29 is 5.11 Å². The fourth-order valence-electron chi connectivity index (χ4n) is 5.91. The zero-order valence-corrected chi connectivity index (χ0v) is 19.2. The van der Waals surface area contributed by atoms with Gasteiger partial charge in [0.25, 0.3) is 0 Å². The number of benzene rings is 1. The lowest BCUT2D eigenvalue weighted by molar-refractivity contribution is 0.190. The number of aliphatic hydroxyl groups excluding tert-OH is 1. The van der Waals surface area contributed by atoms with E-state index in [9.17, 15) is 5.11 Å². The molecule has 2 atom stereocenters. The second-order valence-corrected chi connectivity index (χ2v) is 9.89. The molecule has 0 spiro atoms. The number of anilines is 1. The van der Waals surface area contributed by atoms with Crippen LogP contribution in [0.1, 0.15) is 57.9 Å². The first-order chi connectivity index (χ1) is 16.2. The second kappa shape index (κ2) is 8.45. The number of H-pyrrole nitrogens is 1. The molecular weight excluding hydrogens is 412 g/mol. The molecule has 7 heteroatoms. The van der Waals surface area contributed by atoms with E-state index in [1.807, 2.05) is 6.33 Å². The standard InChI is InChI=1S/C26H32N6O/c1-17-11-18(14-33)9-10-31(17)24-13-21(25-26(30-24)28-15-27-25)19-7-8-23-22(12-19)29-16-32(23)20-5-3-2-4-6-20/h7-8,12-13,15-18,20,33H,2-6,9-11,14H2,1H3,(H,27,28,30)/t17-,18-/m0/s1. The molecule has 6 rings (SSSR count). The molecule has 0 bridgehead atoms. The number of aliphatic hydroxyl groups is 1. The third-order valence-electron chi connectivity index (χ3n) is 7.77. The third kappa shape index (κ3) is 3.68. The van der Waals surface area contributed by atoms with E-state index in [2.05, 4.69) is 50.6 Å². The lowest BCUT2D eigenvalue weighted by Gasteiger charge is -2.38. The molecule has 172 valence electrons. The number of fused-ring (bicyclic) bond motifs is 2. The maximum atomic E-state index is 9.59. The molecule has 0 radical (unpaired) electrons. The van der Waals surface area contributed by atoms with Crippen molar-refractivity contribution in [2.75, 3.05) is 18.1 Å². The zero-order valence-electron chi connectivity index (χ0n) is 19.2. The molecule has 0 unspecified atom stereocenters. The molecule has 1 saturated heterocycles. The summed E-state index contributed by atoms with van der Waals surface area (Å²) in [5.41, 5.74) is 6.21. The molecule has 1 aliphatic heterocycles. The second-order valence-electron chi connectivity index (χ2n) is 9.89. The van der Waals surface area contributed by atoms with Gasteiger partial charge in [-0.25, -0.2) is 15.0 Å². The van der Waals surface area contributed by atoms with Crippen LogP contribution in [0.3, 0.4) is 0 Å². The van der Waals surface area contributed by atoms with Crippen molar-refractivity contribution in [1.82, 2.24) is 24.5 Å². The van der Waals surface area contributed by atoms with Gasteiger partial charge in [0.2, 0.25) is 0 Å². The molecule has 0 amide bonds. The monoisotopic (exact) mass is 444 g/mol. The van der Waals surface area contributed by atoms with Crippen LogP contribution < -0.4 is 4.90 Å². The summed E-state index contributed by atoms with van der Waals surface area (Å²) in [6, 6.07) is 9.74. The number of hydrogen-bond donors (Lipinski definition) is 2. The summed E-state index contributed by atoms with van der Waals surface area (Å²) >= 11 is 0. The minimum Gasteiger partial charge on any atom is -0.396 e. The van der Waals surface area contributed by atoms with Crippen LogP contribution in [0.4, 0.5) is 5.82 Å². The molecular formula is C26H32N6O. The SMILES string of the molecule is C[C@H]1C[C@@H](CO)CCN1c1cc(-c2ccc3c(c2)ncn3C2CCCCC2)c2[nH]cnc2n1. The van der Waals surface area contributed by atoms with E-state index < -0.39 is 0 Å². The fourth-order valence-corrected chi connectivity index (χ4v) is 5.91. The van der Waals surface area contributed by atoms with Gasteiger partial charge in [0.05, 0.1) is 29.2 Å². The van der Waals surface area contributed by atoms with Crippen molar-refractivity contribution in [3.8, 4) is 11.1 Å². The number of piperidine rings is 1. The number of aromatic nitrogens is 5. The minimum absolute atomic E-state index is 0.267. The molecule has 2 fully saturated rings. The van der Waals surface area contributed by atoms with Gasteiger partial charge < -0.3 is 19.6 Å². The van der Waals surface area contributed by atoms with Crippen LogP contribution in [0.15, 0.2) is 36.9 Å². The fraction of sp³-hybridized carbons (Fsp3) is 0.500. The number of rotatable bonds is 4. The van der Waals surface area contributed by atoms with E-state index in [0.717, 1.165) is 53.0 Å². The van der Waals surface area contributed by atoms with Gasteiger partial charge in [-0.1, -0.05) is 25.3 Å². The molecule has 3 aromatic heterocycles. The average Bonchev–Trinajstić information content (AvgIpc) is 3.50. The number of nitrogens with one attached hydrogen (secondary N) is 1. The maximum absolute atomic E-state index is 9.59. The van der Waals surface area contributed by atoms with Crippen LogP contribution in [-0.2, 0) is 0 Å². The largest absolute Gasteiger partial charge is 0.396 e. The van der Waals surface area contributed by atoms with Gasteiger partial charge in [-0.3, -0.25) is 0 Å². The minimum atomic E-state index is 0.267. The highest BCUT2D eigenvalue weighted by atomic mass is 16.3. The van der Waals surface area contributed by atoms with Gasteiger partial charge in [0, 0.05) is 30.8 Å². The highest BCUT2D eigenvalue weighted by Gasteiger charge is 2.27. The molecule has 4 heterocycles. The highest BCUT2D eigenvalue weighted by molar-refractivity contribution is 5.94. The summed E-state index contributed by atoms with van der Waals surface area (Å²) in [6.45, 7) is 3.39. The first-order valence-electron chi connectivity index (χ1n) is 12.4. The number of pyridine rings is 1. The summed E-state index contributed by atoms with van der Waals surface area (Å²) in [6.07, 6.45) is 12.2. The lowest BCUT2D eigenvalue weighted by atomic mass is 9.92.